The van der Waals surface area contributed by atoms with Crippen LogP contribution < -0.4 is 9.47 Å². The molecule has 1 atom stereocenters. The van der Waals surface area contributed by atoms with E-state index in [1.807, 2.05) is 36.4 Å². The fraction of sp³-hybridized carbons (Fsp3) is 0.357. The zero-order chi connectivity index (χ0) is 23.9. The van der Waals surface area contributed by atoms with Gasteiger partial charge in [0.1, 0.15) is 11.6 Å². The van der Waals surface area contributed by atoms with Gasteiger partial charge in [-0.1, -0.05) is 30.3 Å². The van der Waals surface area contributed by atoms with E-state index in [-0.39, 0.29) is 42.5 Å². The molecule has 0 radical (unpaired) electrons. The highest BCUT2D eigenvalue weighted by atomic mass is 35.5. The van der Waals surface area contributed by atoms with Crippen LogP contribution in [0.25, 0.3) is 0 Å². The van der Waals surface area contributed by atoms with Crippen molar-refractivity contribution >= 4 is 24.8 Å². The summed E-state index contributed by atoms with van der Waals surface area (Å²) in [6, 6.07) is 19.7. The van der Waals surface area contributed by atoms with E-state index >= 15 is 0 Å². The fourth-order valence-electron chi connectivity index (χ4n) is 4.61. The third-order valence-electron chi connectivity index (χ3n) is 6.61. The van der Waals surface area contributed by atoms with Gasteiger partial charge in [0.25, 0.3) is 0 Å². The Balaban J connectivity index is 0.00000228. The zero-order valence-corrected chi connectivity index (χ0v) is 22.3. The van der Waals surface area contributed by atoms with Crippen LogP contribution in [0, 0.1) is 11.6 Å². The molecule has 0 bridgehead atoms. The predicted octanol–water partition coefficient (Wildman–Crippen LogP) is 5.97. The Hall–Kier alpha value is -2.38. The molecule has 1 heterocycles. The van der Waals surface area contributed by atoms with Gasteiger partial charge >= 0.3 is 0 Å². The number of halogens is 4. The van der Waals surface area contributed by atoms with Crippen LogP contribution in [0.5, 0.6) is 11.5 Å². The van der Waals surface area contributed by atoms with E-state index in [2.05, 4.69) is 15.9 Å². The molecule has 8 heteroatoms. The molecule has 36 heavy (non-hydrogen) atoms. The number of hydrogen-bond donors (Lipinski definition) is 0. The minimum absolute atomic E-state index is 0. The first-order valence-electron chi connectivity index (χ1n) is 11.7. The fourth-order valence-corrected chi connectivity index (χ4v) is 4.61. The van der Waals surface area contributed by atoms with Crippen LogP contribution in [0.2, 0.25) is 0 Å². The van der Waals surface area contributed by atoms with Crippen LogP contribution in [-0.4, -0.2) is 56.7 Å². The molecule has 3 aromatic rings. The van der Waals surface area contributed by atoms with Crippen molar-refractivity contribution < 1.29 is 18.3 Å². The van der Waals surface area contributed by atoms with Crippen LogP contribution in [-0.2, 0) is 12.8 Å². The number of piperazine rings is 1. The van der Waals surface area contributed by atoms with Crippen LogP contribution in [0.4, 0.5) is 8.78 Å². The number of hydrogen-bond acceptors (Lipinski definition) is 4. The van der Waals surface area contributed by atoms with Gasteiger partial charge in [0.05, 0.1) is 14.2 Å². The van der Waals surface area contributed by atoms with Crippen LogP contribution in [0.1, 0.15) is 22.7 Å². The molecule has 0 N–H and O–H groups in total. The largest absolute Gasteiger partial charge is 0.493 e. The van der Waals surface area contributed by atoms with Gasteiger partial charge in [0, 0.05) is 38.8 Å². The predicted molar refractivity (Wildman–Crippen MR) is 145 cm³/mol. The molecule has 1 saturated heterocycles. The van der Waals surface area contributed by atoms with E-state index < -0.39 is 0 Å². The van der Waals surface area contributed by atoms with Gasteiger partial charge in [-0.3, -0.25) is 4.90 Å². The van der Waals surface area contributed by atoms with Crippen LogP contribution in [0.15, 0.2) is 66.7 Å². The Bertz CT molecular complexity index is 1060. The Morgan fingerprint density at radius 2 is 1.28 bits per heavy atom. The van der Waals surface area contributed by atoms with Crippen molar-refractivity contribution in [1.29, 1.82) is 0 Å². The zero-order valence-electron chi connectivity index (χ0n) is 20.7. The minimum atomic E-state index is -0.232. The summed E-state index contributed by atoms with van der Waals surface area (Å²) in [6.45, 7) is 4.76. The maximum absolute atomic E-state index is 13.6. The van der Waals surface area contributed by atoms with Crippen LogP contribution in [0.3, 0.4) is 0 Å². The molecule has 3 aromatic carbocycles. The highest BCUT2D eigenvalue weighted by Crippen LogP contribution is 2.29. The Kier molecular flexibility index (Phi) is 11.9. The lowest BCUT2D eigenvalue weighted by atomic mass is 9.96. The van der Waals surface area contributed by atoms with Crippen molar-refractivity contribution in [2.75, 3.05) is 46.9 Å². The Morgan fingerprint density at radius 3 is 1.86 bits per heavy atom. The van der Waals surface area contributed by atoms with Gasteiger partial charge in [0.2, 0.25) is 0 Å². The molecule has 4 rings (SSSR count). The number of ether oxygens (including phenoxy) is 2. The second kappa shape index (κ2) is 14.4. The average Bonchev–Trinajstić information content (AvgIpc) is 2.88. The third kappa shape index (κ3) is 7.81. The third-order valence-corrected chi connectivity index (χ3v) is 6.61. The van der Waals surface area contributed by atoms with Gasteiger partial charge in [-0.15, -0.1) is 24.8 Å². The highest BCUT2D eigenvalue weighted by Gasteiger charge is 2.25. The topological polar surface area (TPSA) is 24.9 Å². The maximum Gasteiger partial charge on any atom is 0.160 e. The summed E-state index contributed by atoms with van der Waals surface area (Å²) < 4.78 is 37.7. The quantitative estimate of drug-likeness (QED) is 0.335. The van der Waals surface area contributed by atoms with Crippen molar-refractivity contribution in [3.8, 4) is 11.5 Å². The minimum Gasteiger partial charge on any atom is -0.493 e. The Morgan fingerprint density at radius 1 is 0.722 bits per heavy atom. The normalized spacial score (nSPS) is 14.9. The molecule has 0 aliphatic carbocycles. The van der Waals surface area contributed by atoms with Crippen LogP contribution >= 0.6 is 24.8 Å². The number of benzene rings is 3. The number of rotatable bonds is 9. The second-order valence-corrected chi connectivity index (χ2v) is 8.71. The number of methoxy groups -OCH3 is 2. The van der Waals surface area contributed by atoms with Gasteiger partial charge in [0.15, 0.2) is 11.5 Å². The van der Waals surface area contributed by atoms with Crippen molar-refractivity contribution in [3.63, 3.8) is 0 Å². The molecule has 0 amide bonds. The summed E-state index contributed by atoms with van der Waals surface area (Å²) >= 11 is 0. The second-order valence-electron chi connectivity index (χ2n) is 8.71. The molecule has 1 aliphatic rings. The van der Waals surface area contributed by atoms with Gasteiger partial charge in [-0.25, -0.2) is 8.78 Å². The smallest absolute Gasteiger partial charge is 0.160 e. The molecular weight excluding hydrogens is 505 g/mol. The first kappa shape index (κ1) is 29.8. The summed E-state index contributed by atoms with van der Waals surface area (Å²) in [5, 5.41) is 0. The van der Waals surface area contributed by atoms with E-state index in [1.165, 1.54) is 29.8 Å². The molecular formula is C28H34Cl2F2N2O2. The molecule has 0 aromatic heterocycles. The lowest BCUT2D eigenvalue weighted by Crippen LogP contribution is -2.48. The molecule has 1 aliphatic heterocycles. The van der Waals surface area contributed by atoms with E-state index in [0.29, 0.717) is 0 Å². The first-order valence-corrected chi connectivity index (χ1v) is 11.7. The maximum atomic E-state index is 13.6. The van der Waals surface area contributed by atoms with Crippen molar-refractivity contribution in [1.82, 2.24) is 9.80 Å². The molecule has 1 fully saturated rings. The van der Waals surface area contributed by atoms with E-state index in [4.69, 9.17) is 9.47 Å². The summed E-state index contributed by atoms with van der Waals surface area (Å²) in [5.41, 5.74) is 3.39. The SMILES string of the molecule is COc1ccc(CCN2CCN(C(Cc3ccc(F)cc3)c3ccc(F)cc3)CC2)cc1OC.Cl.Cl. The molecule has 1 unspecified atom stereocenters. The van der Waals surface area contributed by atoms with Crippen molar-refractivity contribution in [3.05, 3.63) is 95.1 Å². The lowest BCUT2D eigenvalue weighted by molar-refractivity contribution is 0.0960. The summed E-state index contributed by atoms with van der Waals surface area (Å²) in [7, 11) is 3.30. The van der Waals surface area contributed by atoms with E-state index in [0.717, 1.165) is 68.2 Å². The Labute approximate surface area is 225 Å². The molecule has 196 valence electrons. The average molecular weight is 539 g/mol. The van der Waals surface area contributed by atoms with E-state index in [1.54, 1.807) is 14.2 Å². The van der Waals surface area contributed by atoms with Crippen molar-refractivity contribution in [2.45, 2.75) is 18.9 Å². The molecule has 0 saturated carbocycles. The number of nitrogens with zero attached hydrogens (tertiary/aromatic N) is 2. The summed E-state index contributed by atoms with van der Waals surface area (Å²) in [4.78, 5) is 4.94. The molecule has 4 nitrogen and oxygen atoms in total. The summed E-state index contributed by atoms with van der Waals surface area (Å²) in [6.07, 6.45) is 1.70. The van der Waals surface area contributed by atoms with Crippen molar-refractivity contribution in [2.24, 2.45) is 0 Å². The monoisotopic (exact) mass is 538 g/mol. The molecule has 0 spiro atoms. The summed E-state index contributed by atoms with van der Waals surface area (Å²) in [5.74, 6) is 1.04. The standard InChI is InChI=1S/C28H32F2N2O2.2ClH/c1-33-27-12-5-22(20-28(27)34-2)13-14-31-15-17-32(18-16-31)26(23-6-10-25(30)11-7-23)19-21-3-8-24(29)9-4-21;;/h3-12,20,26H,13-19H2,1-2H3;2*1H. The lowest BCUT2D eigenvalue weighted by Gasteiger charge is -2.39. The highest BCUT2D eigenvalue weighted by molar-refractivity contribution is 5.85. The van der Waals surface area contributed by atoms with E-state index in [9.17, 15) is 8.78 Å². The first-order chi connectivity index (χ1) is 16.6. The van der Waals surface area contributed by atoms with Gasteiger partial charge < -0.3 is 14.4 Å². The van der Waals surface area contributed by atoms with Gasteiger partial charge in [-0.05, 0) is 65.9 Å². The van der Waals surface area contributed by atoms with Gasteiger partial charge in [-0.2, -0.15) is 0 Å².